The number of Topliss-reactive ketones (excluding diaryl/α,β-unsaturated/α-hetero) is 1. The molecular weight excluding hydrogens is 342 g/mol. The Bertz CT molecular complexity index is 735. The van der Waals surface area contributed by atoms with Crippen molar-refractivity contribution >= 4 is 41.2 Å². The van der Waals surface area contributed by atoms with Crippen molar-refractivity contribution < 1.29 is 4.79 Å². The molecule has 1 aromatic carbocycles. The summed E-state index contributed by atoms with van der Waals surface area (Å²) in [6.45, 7) is 4.73. The van der Waals surface area contributed by atoms with Gasteiger partial charge in [0.2, 0.25) is 0 Å². The Morgan fingerprint density at radius 1 is 1.38 bits per heavy atom. The number of aromatic nitrogens is 1. The van der Waals surface area contributed by atoms with Crippen LogP contribution in [0.5, 0.6) is 0 Å². The van der Waals surface area contributed by atoms with Crippen molar-refractivity contribution in [2.45, 2.75) is 18.7 Å². The van der Waals surface area contributed by atoms with E-state index in [2.05, 4.69) is 9.98 Å². The van der Waals surface area contributed by atoms with Crippen LogP contribution in [0.25, 0.3) is 0 Å². The number of hydrogen-bond acceptors (Lipinski definition) is 4. The van der Waals surface area contributed by atoms with E-state index in [9.17, 15) is 4.79 Å². The summed E-state index contributed by atoms with van der Waals surface area (Å²) in [5.41, 5.74) is 1.67. The second kappa shape index (κ2) is 8.85. The van der Waals surface area contributed by atoms with Crippen LogP contribution in [0.3, 0.4) is 0 Å². The lowest BCUT2D eigenvalue weighted by Crippen LogP contribution is -2.14. The van der Waals surface area contributed by atoms with E-state index in [4.69, 9.17) is 11.6 Å². The topological polar surface area (TPSA) is 45.6 Å². The third-order valence-electron chi connectivity index (χ3n) is 3.41. The fourth-order valence-corrected chi connectivity index (χ4v) is 2.91. The molecule has 0 aliphatic carbocycles. The van der Waals surface area contributed by atoms with Gasteiger partial charge in [0.05, 0.1) is 28.5 Å². The lowest BCUT2D eigenvalue weighted by molar-refractivity contribution is 0.101. The lowest BCUT2D eigenvalue weighted by Gasteiger charge is -2.10. The molecule has 0 atom stereocenters. The van der Waals surface area contributed by atoms with Gasteiger partial charge >= 0.3 is 0 Å². The lowest BCUT2D eigenvalue weighted by atomic mass is 10.2. The SMILES string of the molecule is CCN(C)/C=N\c1cc(Cl)c(C(=O)CSc2ccccc2)nc1C. The van der Waals surface area contributed by atoms with Gasteiger partial charge in [-0.3, -0.25) is 4.79 Å². The molecule has 2 aromatic rings. The zero-order valence-electron chi connectivity index (χ0n) is 14.0. The number of carbonyl (C=O) groups excluding carboxylic acids is 1. The summed E-state index contributed by atoms with van der Waals surface area (Å²) in [5, 5.41) is 0.338. The quantitative estimate of drug-likeness (QED) is 0.312. The first-order chi connectivity index (χ1) is 11.5. The molecule has 0 saturated carbocycles. The average Bonchev–Trinajstić information content (AvgIpc) is 2.60. The molecule has 126 valence electrons. The van der Waals surface area contributed by atoms with Crippen LogP contribution in [0.2, 0.25) is 5.02 Å². The van der Waals surface area contributed by atoms with Crippen LogP contribution >= 0.6 is 23.4 Å². The Kier molecular flexibility index (Phi) is 6.82. The van der Waals surface area contributed by atoms with E-state index in [-0.39, 0.29) is 5.78 Å². The molecule has 4 nitrogen and oxygen atoms in total. The molecule has 2 rings (SSSR count). The van der Waals surface area contributed by atoms with Crippen LogP contribution in [-0.4, -0.2) is 41.4 Å². The van der Waals surface area contributed by atoms with E-state index in [0.717, 1.165) is 11.4 Å². The molecule has 0 fully saturated rings. The number of rotatable bonds is 7. The van der Waals surface area contributed by atoms with Gasteiger partial charge in [-0.1, -0.05) is 29.8 Å². The minimum absolute atomic E-state index is 0.0850. The van der Waals surface area contributed by atoms with Gasteiger partial charge < -0.3 is 4.90 Å². The monoisotopic (exact) mass is 361 g/mol. The predicted molar refractivity (Wildman–Crippen MR) is 102 cm³/mol. The van der Waals surface area contributed by atoms with Crippen molar-refractivity contribution in [1.82, 2.24) is 9.88 Å². The zero-order chi connectivity index (χ0) is 17.5. The van der Waals surface area contributed by atoms with Gasteiger partial charge in [-0.2, -0.15) is 0 Å². The van der Waals surface area contributed by atoms with Crippen molar-refractivity contribution in [1.29, 1.82) is 0 Å². The van der Waals surface area contributed by atoms with Gasteiger partial charge in [0.25, 0.3) is 0 Å². The molecule has 0 aliphatic heterocycles. The normalized spacial score (nSPS) is 11.0. The third kappa shape index (κ3) is 5.08. The second-order valence-electron chi connectivity index (χ2n) is 5.27. The summed E-state index contributed by atoms with van der Waals surface area (Å²) in [7, 11) is 1.94. The average molecular weight is 362 g/mol. The molecular formula is C18H20ClN3OS. The number of benzene rings is 1. The first-order valence-corrected chi connectivity index (χ1v) is 9.00. The second-order valence-corrected chi connectivity index (χ2v) is 6.72. The number of carbonyl (C=O) groups is 1. The Hall–Kier alpha value is -1.85. The van der Waals surface area contributed by atoms with Crippen LogP contribution in [-0.2, 0) is 0 Å². The fraction of sp³-hybridized carbons (Fsp3) is 0.278. The predicted octanol–water partition coefficient (Wildman–Crippen LogP) is 4.63. The van der Waals surface area contributed by atoms with E-state index >= 15 is 0 Å². The molecule has 0 N–H and O–H groups in total. The van der Waals surface area contributed by atoms with E-state index in [1.165, 1.54) is 11.8 Å². The standard InChI is InChI=1S/C18H20ClN3OS/c1-4-22(3)12-20-16-10-15(19)18(21-13(16)2)17(23)11-24-14-8-6-5-7-9-14/h5-10,12H,4,11H2,1-3H3/b20-12-. The summed E-state index contributed by atoms with van der Waals surface area (Å²) in [4.78, 5) is 24.1. The minimum atomic E-state index is -0.0850. The number of halogens is 1. The third-order valence-corrected chi connectivity index (χ3v) is 4.71. The maximum Gasteiger partial charge on any atom is 0.192 e. The van der Waals surface area contributed by atoms with Crippen molar-refractivity contribution in [2.24, 2.45) is 4.99 Å². The molecule has 1 aromatic heterocycles. The van der Waals surface area contributed by atoms with E-state index < -0.39 is 0 Å². The zero-order valence-corrected chi connectivity index (χ0v) is 15.6. The summed E-state index contributed by atoms with van der Waals surface area (Å²) in [6.07, 6.45) is 1.73. The maximum atomic E-state index is 12.4. The molecule has 24 heavy (non-hydrogen) atoms. The number of thioether (sulfide) groups is 1. The van der Waals surface area contributed by atoms with Crippen LogP contribution in [0.1, 0.15) is 23.1 Å². The molecule has 6 heteroatoms. The number of pyridine rings is 1. The number of ketones is 1. The Labute approximate surface area is 152 Å². The van der Waals surface area contributed by atoms with E-state index in [0.29, 0.717) is 27.9 Å². The van der Waals surface area contributed by atoms with Crippen molar-refractivity contribution in [3.05, 3.63) is 52.8 Å². The minimum Gasteiger partial charge on any atom is -0.366 e. The Balaban J connectivity index is 2.11. The fourth-order valence-electron chi connectivity index (χ4n) is 1.87. The molecule has 0 saturated heterocycles. The van der Waals surface area contributed by atoms with Crippen molar-refractivity contribution in [2.75, 3.05) is 19.3 Å². The highest BCUT2D eigenvalue weighted by atomic mass is 35.5. The molecule has 0 spiro atoms. The number of hydrogen-bond donors (Lipinski definition) is 0. The number of nitrogens with zero attached hydrogens (tertiary/aromatic N) is 3. The highest BCUT2D eigenvalue weighted by Gasteiger charge is 2.15. The summed E-state index contributed by atoms with van der Waals surface area (Å²) in [6, 6.07) is 11.5. The number of aryl methyl sites for hydroxylation is 1. The van der Waals surface area contributed by atoms with Gasteiger partial charge in [0, 0.05) is 18.5 Å². The van der Waals surface area contributed by atoms with Gasteiger partial charge in [0.1, 0.15) is 5.69 Å². The first kappa shape index (κ1) is 18.5. The van der Waals surface area contributed by atoms with Gasteiger partial charge in [0.15, 0.2) is 5.78 Å². The smallest absolute Gasteiger partial charge is 0.192 e. The molecule has 0 unspecified atom stereocenters. The van der Waals surface area contributed by atoms with E-state index in [1.54, 1.807) is 12.4 Å². The number of aliphatic imine (C=N–C) groups is 1. The summed E-state index contributed by atoms with van der Waals surface area (Å²) < 4.78 is 0. The van der Waals surface area contributed by atoms with Gasteiger partial charge in [-0.25, -0.2) is 9.98 Å². The molecule has 0 aliphatic rings. The Morgan fingerprint density at radius 2 is 2.08 bits per heavy atom. The summed E-state index contributed by atoms with van der Waals surface area (Å²) >= 11 is 7.72. The molecule has 0 amide bonds. The van der Waals surface area contributed by atoms with Crippen LogP contribution in [0.4, 0.5) is 5.69 Å². The highest BCUT2D eigenvalue weighted by molar-refractivity contribution is 8.00. The molecule has 1 heterocycles. The molecule has 0 bridgehead atoms. The van der Waals surface area contributed by atoms with Crippen molar-refractivity contribution in [3.63, 3.8) is 0 Å². The van der Waals surface area contributed by atoms with Gasteiger partial charge in [-0.05, 0) is 32.0 Å². The van der Waals surface area contributed by atoms with Crippen LogP contribution < -0.4 is 0 Å². The largest absolute Gasteiger partial charge is 0.366 e. The van der Waals surface area contributed by atoms with E-state index in [1.807, 2.05) is 56.1 Å². The van der Waals surface area contributed by atoms with Gasteiger partial charge in [-0.15, -0.1) is 11.8 Å². The highest BCUT2D eigenvalue weighted by Crippen LogP contribution is 2.26. The maximum absolute atomic E-state index is 12.4. The van der Waals surface area contributed by atoms with Crippen molar-refractivity contribution in [3.8, 4) is 0 Å². The molecule has 0 radical (unpaired) electrons. The Morgan fingerprint density at radius 3 is 2.75 bits per heavy atom. The van der Waals surface area contributed by atoms with Crippen LogP contribution in [0.15, 0.2) is 46.3 Å². The first-order valence-electron chi connectivity index (χ1n) is 7.64. The van der Waals surface area contributed by atoms with Crippen LogP contribution in [0, 0.1) is 6.92 Å². The summed E-state index contributed by atoms with van der Waals surface area (Å²) in [5.74, 6) is 0.218.